The molecular weight excluding hydrogens is 188 g/mol. The smallest absolute Gasteiger partial charge is 0.198 e. The summed E-state index contributed by atoms with van der Waals surface area (Å²) in [7, 11) is 0. The minimum atomic E-state index is -0.627. The Labute approximate surface area is 89.8 Å². The monoisotopic (exact) mass is 202 g/mol. The van der Waals surface area contributed by atoms with Gasteiger partial charge in [-0.1, -0.05) is 6.07 Å². The highest BCUT2D eigenvalue weighted by atomic mass is 16.1. The fourth-order valence-electron chi connectivity index (χ4n) is 1.35. The van der Waals surface area contributed by atoms with Crippen LogP contribution in [-0.4, -0.2) is 10.8 Å². The van der Waals surface area contributed by atoms with E-state index in [0.29, 0.717) is 5.69 Å². The van der Waals surface area contributed by atoms with Crippen molar-refractivity contribution in [2.24, 2.45) is 5.92 Å². The maximum atomic E-state index is 11.8. The molecule has 0 radical (unpaired) electrons. The number of nitriles is 1. The molecule has 0 N–H and O–H groups in total. The number of carbonyl (C=O) groups is 1. The number of aryl methyl sites for hydroxylation is 3. The highest BCUT2D eigenvalue weighted by Crippen LogP contribution is 2.14. The first kappa shape index (κ1) is 11.4. The van der Waals surface area contributed by atoms with Crippen molar-refractivity contribution in [3.8, 4) is 6.07 Å². The van der Waals surface area contributed by atoms with Crippen LogP contribution in [0.25, 0.3) is 0 Å². The zero-order valence-corrected chi connectivity index (χ0v) is 9.46. The van der Waals surface area contributed by atoms with Gasteiger partial charge in [0, 0.05) is 5.69 Å². The lowest BCUT2D eigenvalue weighted by molar-refractivity contribution is 0.0950. The van der Waals surface area contributed by atoms with Crippen molar-refractivity contribution in [2.45, 2.75) is 27.7 Å². The summed E-state index contributed by atoms with van der Waals surface area (Å²) >= 11 is 0. The quantitative estimate of drug-likeness (QED) is 0.692. The van der Waals surface area contributed by atoms with E-state index >= 15 is 0 Å². The Bertz CT molecular complexity index is 444. The molecule has 0 aliphatic heterocycles. The molecule has 0 amide bonds. The second-order valence-electron chi connectivity index (χ2n) is 3.77. The Hall–Kier alpha value is -1.69. The summed E-state index contributed by atoms with van der Waals surface area (Å²) in [5.74, 6) is -0.823. The van der Waals surface area contributed by atoms with Gasteiger partial charge in [-0.2, -0.15) is 5.26 Å². The maximum Gasteiger partial charge on any atom is 0.198 e. The molecule has 1 aromatic heterocycles. The van der Waals surface area contributed by atoms with Gasteiger partial charge in [-0.15, -0.1) is 0 Å². The first-order chi connectivity index (χ1) is 6.97. The van der Waals surface area contributed by atoms with Crippen LogP contribution in [0.5, 0.6) is 0 Å². The van der Waals surface area contributed by atoms with Gasteiger partial charge in [-0.3, -0.25) is 4.79 Å². The molecule has 1 atom stereocenters. The highest BCUT2D eigenvalue weighted by molar-refractivity contribution is 5.98. The van der Waals surface area contributed by atoms with Gasteiger partial charge in [-0.05, 0) is 38.8 Å². The van der Waals surface area contributed by atoms with E-state index < -0.39 is 5.92 Å². The Kier molecular flexibility index (Phi) is 3.21. The van der Waals surface area contributed by atoms with Gasteiger partial charge in [0.25, 0.3) is 0 Å². The summed E-state index contributed by atoms with van der Waals surface area (Å²) in [5.41, 5.74) is 3.17. The third-order valence-corrected chi connectivity index (χ3v) is 2.48. The number of Topliss-reactive ketones (excluding diaryl/α,β-unsaturated/α-hetero) is 1. The van der Waals surface area contributed by atoms with Crippen LogP contribution in [0.1, 0.15) is 34.2 Å². The first-order valence-corrected chi connectivity index (χ1v) is 4.86. The number of aromatic nitrogens is 1. The van der Waals surface area contributed by atoms with Crippen LogP contribution >= 0.6 is 0 Å². The lowest BCUT2D eigenvalue weighted by atomic mass is 10.0. The van der Waals surface area contributed by atoms with Gasteiger partial charge in [0.05, 0.1) is 6.07 Å². The molecule has 15 heavy (non-hydrogen) atoms. The predicted molar refractivity (Wildman–Crippen MR) is 57.6 cm³/mol. The Morgan fingerprint density at radius 2 is 2.00 bits per heavy atom. The molecule has 0 saturated heterocycles. The summed E-state index contributed by atoms with van der Waals surface area (Å²) in [6, 6.07) is 3.87. The van der Waals surface area contributed by atoms with E-state index in [9.17, 15) is 4.79 Å². The largest absolute Gasteiger partial charge is 0.291 e. The Morgan fingerprint density at radius 1 is 1.40 bits per heavy atom. The average molecular weight is 202 g/mol. The van der Waals surface area contributed by atoms with E-state index in [4.69, 9.17) is 5.26 Å². The molecule has 0 saturated carbocycles. The minimum absolute atomic E-state index is 0.196. The standard InChI is InChI=1S/C12H14N2O/c1-7-5-8(2)11(14-10(7)4)12(15)9(3)6-13/h5,9H,1-4H3. The van der Waals surface area contributed by atoms with Crippen LogP contribution < -0.4 is 0 Å². The van der Waals surface area contributed by atoms with Crippen molar-refractivity contribution < 1.29 is 4.79 Å². The molecule has 78 valence electrons. The summed E-state index contributed by atoms with van der Waals surface area (Å²) in [4.78, 5) is 16.0. The SMILES string of the molecule is Cc1cc(C)c(C(=O)C(C)C#N)nc1C. The van der Waals surface area contributed by atoms with Crippen molar-refractivity contribution in [3.05, 3.63) is 28.6 Å². The van der Waals surface area contributed by atoms with Gasteiger partial charge in [0.1, 0.15) is 11.6 Å². The molecular formula is C12H14N2O. The maximum absolute atomic E-state index is 11.8. The molecule has 0 fully saturated rings. The normalized spacial score (nSPS) is 11.9. The van der Waals surface area contributed by atoms with Gasteiger partial charge in [-0.25, -0.2) is 4.98 Å². The van der Waals surface area contributed by atoms with Crippen LogP contribution in [0, 0.1) is 38.0 Å². The van der Waals surface area contributed by atoms with Crippen LogP contribution in [-0.2, 0) is 0 Å². The van der Waals surface area contributed by atoms with Crippen LogP contribution in [0.3, 0.4) is 0 Å². The van der Waals surface area contributed by atoms with Crippen molar-refractivity contribution >= 4 is 5.78 Å². The number of hydrogen-bond acceptors (Lipinski definition) is 3. The Balaban J connectivity index is 3.22. The third kappa shape index (κ3) is 2.21. The molecule has 3 heteroatoms. The lowest BCUT2D eigenvalue weighted by Crippen LogP contribution is -2.14. The van der Waals surface area contributed by atoms with Gasteiger partial charge >= 0.3 is 0 Å². The summed E-state index contributed by atoms with van der Waals surface area (Å²) in [6.07, 6.45) is 0. The molecule has 0 aromatic carbocycles. The molecule has 0 bridgehead atoms. The molecule has 1 heterocycles. The minimum Gasteiger partial charge on any atom is -0.291 e. The van der Waals surface area contributed by atoms with Gasteiger partial charge in [0.15, 0.2) is 5.78 Å². The molecule has 1 aromatic rings. The van der Waals surface area contributed by atoms with Crippen molar-refractivity contribution in [2.75, 3.05) is 0 Å². The average Bonchev–Trinajstić information content (AvgIpc) is 2.21. The summed E-state index contributed by atoms with van der Waals surface area (Å²) in [6.45, 7) is 7.26. The second-order valence-corrected chi connectivity index (χ2v) is 3.77. The number of pyridine rings is 1. The zero-order chi connectivity index (χ0) is 11.6. The molecule has 0 aliphatic rings. The number of rotatable bonds is 2. The van der Waals surface area contributed by atoms with Crippen LogP contribution in [0.2, 0.25) is 0 Å². The lowest BCUT2D eigenvalue weighted by Gasteiger charge is -2.08. The van der Waals surface area contributed by atoms with E-state index in [-0.39, 0.29) is 5.78 Å². The number of hydrogen-bond donors (Lipinski definition) is 0. The van der Waals surface area contributed by atoms with Crippen LogP contribution in [0.4, 0.5) is 0 Å². The zero-order valence-electron chi connectivity index (χ0n) is 9.46. The van der Waals surface area contributed by atoms with E-state index in [1.807, 2.05) is 32.9 Å². The molecule has 1 rings (SSSR count). The molecule has 3 nitrogen and oxygen atoms in total. The van der Waals surface area contributed by atoms with Crippen molar-refractivity contribution in [3.63, 3.8) is 0 Å². The molecule has 0 spiro atoms. The van der Waals surface area contributed by atoms with E-state index in [0.717, 1.165) is 16.8 Å². The fraction of sp³-hybridized carbons (Fsp3) is 0.417. The predicted octanol–water partition coefficient (Wildman–Crippen LogP) is 2.35. The summed E-state index contributed by atoms with van der Waals surface area (Å²) in [5, 5.41) is 8.68. The Morgan fingerprint density at radius 3 is 2.53 bits per heavy atom. The van der Waals surface area contributed by atoms with Crippen molar-refractivity contribution in [1.29, 1.82) is 5.26 Å². The van der Waals surface area contributed by atoms with Gasteiger partial charge in [0.2, 0.25) is 0 Å². The second kappa shape index (κ2) is 4.22. The van der Waals surface area contributed by atoms with E-state index in [1.54, 1.807) is 6.92 Å². The highest BCUT2D eigenvalue weighted by Gasteiger charge is 2.18. The van der Waals surface area contributed by atoms with Crippen molar-refractivity contribution in [1.82, 2.24) is 4.98 Å². The van der Waals surface area contributed by atoms with E-state index in [2.05, 4.69) is 4.98 Å². The summed E-state index contributed by atoms with van der Waals surface area (Å²) < 4.78 is 0. The molecule has 1 unspecified atom stereocenters. The number of ketones is 1. The number of nitrogens with zero attached hydrogens (tertiary/aromatic N) is 2. The topological polar surface area (TPSA) is 53.8 Å². The third-order valence-electron chi connectivity index (χ3n) is 2.48. The number of carbonyl (C=O) groups excluding carboxylic acids is 1. The fourth-order valence-corrected chi connectivity index (χ4v) is 1.35. The first-order valence-electron chi connectivity index (χ1n) is 4.86. The van der Waals surface area contributed by atoms with Crippen LogP contribution in [0.15, 0.2) is 6.07 Å². The van der Waals surface area contributed by atoms with E-state index in [1.165, 1.54) is 0 Å². The molecule has 0 aliphatic carbocycles. The van der Waals surface area contributed by atoms with Gasteiger partial charge < -0.3 is 0 Å².